The first-order valence-electron chi connectivity index (χ1n) is 10.2. The van der Waals surface area contributed by atoms with Crippen LogP contribution in [-0.2, 0) is 14.3 Å². The molecule has 0 unspecified atom stereocenters. The van der Waals surface area contributed by atoms with Crippen LogP contribution in [-0.4, -0.2) is 64.8 Å². The number of hydrogen-bond donors (Lipinski definition) is 1. The molecule has 2 aromatic rings. The number of amides is 1. The van der Waals surface area contributed by atoms with Crippen molar-refractivity contribution < 1.29 is 14.3 Å². The molecular formula is C21H27N5O3. The third kappa shape index (κ3) is 5.07. The number of pyridine rings is 1. The first kappa shape index (κ1) is 19.7. The van der Waals surface area contributed by atoms with Crippen LogP contribution in [0.4, 0.5) is 5.95 Å². The molecule has 0 aliphatic carbocycles. The van der Waals surface area contributed by atoms with E-state index in [1.165, 1.54) is 0 Å². The van der Waals surface area contributed by atoms with Crippen LogP contribution in [0.1, 0.15) is 37.3 Å². The van der Waals surface area contributed by atoms with Gasteiger partial charge >= 0.3 is 0 Å². The number of nitrogens with two attached hydrogens (primary N) is 1. The van der Waals surface area contributed by atoms with Crippen LogP contribution in [0.15, 0.2) is 30.7 Å². The predicted molar refractivity (Wildman–Crippen MR) is 108 cm³/mol. The maximum absolute atomic E-state index is 12.4. The lowest BCUT2D eigenvalue weighted by molar-refractivity contribution is -0.138. The van der Waals surface area contributed by atoms with Crippen molar-refractivity contribution in [3.05, 3.63) is 36.4 Å². The summed E-state index contributed by atoms with van der Waals surface area (Å²) in [5.74, 6) is 0.689. The zero-order valence-corrected chi connectivity index (χ0v) is 16.5. The molecule has 154 valence electrons. The molecule has 4 heterocycles. The van der Waals surface area contributed by atoms with E-state index in [0.717, 1.165) is 62.2 Å². The SMILES string of the molecule is Nc1ncc(-c2ccc(C3CCN(C(=O)COC[C@@H]4CCCO4)CC3)nc2)cn1. The zero-order chi connectivity index (χ0) is 20.1. The summed E-state index contributed by atoms with van der Waals surface area (Å²) in [7, 11) is 0. The number of piperidine rings is 1. The van der Waals surface area contributed by atoms with Gasteiger partial charge in [-0.3, -0.25) is 9.78 Å². The molecule has 0 spiro atoms. The summed E-state index contributed by atoms with van der Waals surface area (Å²) >= 11 is 0. The van der Waals surface area contributed by atoms with Gasteiger partial charge < -0.3 is 20.1 Å². The number of rotatable bonds is 6. The second-order valence-electron chi connectivity index (χ2n) is 7.61. The smallest absolute Gasteiger partial charge is 0.248 e. The van der Waals surface area contributed by atoms with Crippen molar-refractivity contribution in [3.8, 4) is 11.1 Å². The average molecular weight is 397 g/mol. The van der Waals surface area contributed by atoms with Crippen molar-refractivity contribution in [2.45, 2.75) is 37.7 Å². The van der Waals surface area contributed by atoms with Crippen molar-refractivity contribution in [2.24, 2.45) is 0 Å². The minimum atomic E-state index is 0.0631. The van der Waals surface area contributed by atoms with Gasteiger partial charge in [-0.1, -0.05) is 6.07 Å². The number of likely N-dealkylation sites (tertiary alicyclic amines) is 1. The third-order valence-corrected chi connectivity index (χ3v) is 5.61. The highest BCUT2D eigenvalue weighted by atomic mass is 16.5. The molecule has 4 rings (SSSR count). The Balaban J connectivity index is 1.24. The molecule has 2 aliphatic rings. The normalized spacial score (nSPS) is 20.1. The Morgan fingerprint density at radius 2 is 1.86 bits per heavy atom. The molecule has 8 heteroatoms. The molecule has 29 heavy (non-hydrogen) atoms. The largest absolute Gasteiger partial charge is 0.376 e. The summed E-state index contributed by atoms with van der Waals surface area (Å²) in [6, 6.07) is 4.09. The van der Waals surface area contributed by atoms with E-state index in [1.54, 1.807) is 12.4 Å². The van der Waals surface area contributed by atoms with E-state index >= 15 is 0 Å². The number of ether oxygens (including phenoxy) is 2. The van der Waals surface area contributed by atoms with Gasteiger partial charge in [0.25, 0.3) is 0 Å². The molecule has 2 N–H and O–H groups in total. The molecule has 0 radical (unpaired) electrons. The molecule has 1 amide bonds. The second kappa shape index (κ2) is 9.28. The van der Waals surface area contributed by atoms with Gasteiger partial charge in [-0.2, -0.15) is 0 Å². The van der Waals surface area contributed by atoms with Gasteiger partial charge in [0.05, 0.1) is 12.7 Å². The summed E-state index contributed by atoms with van der Waals surface area (Å²) in [5, 5.41) is 0. The Kier molecular flexibility index (Phi) is 6.31. The number of nitrogens with zero attached hydrogens (tertiary/aromatic N) is 4. The molecule has 2 saturated heterocycles. The van der Waals surface area contributed by atoms with Crippen molar-refractivity contribution >= 4 is 11.9 Å². The van der Waals surface area contributed by atoms with E-state index in [2.05, 4.69) is 21.0 Å². The van der Waals surface area contributed by atoms with Gasteiger partial charge in [0.15, 0.2) is 0 Å². The maximum Gasteiger partial charge on any atom is 0.248 e. The molecule has 2 aromatic heterocycles. The van der Waals surface area contributed by atoms with Gasteiger partial charge in [0.1, 0.15) is 6.61 Å². The second-order valence-corrected chi connectivity index (χ2v) is 7.61. The fourth-order valence-electron chi connectivity index (χ4n) is 3.87. The summed E-state index contributed by atoms with van der Waals surface area (Å²) < 4.78 is 11.1. The summed E-state index contributed by atoms with van der Waals surface area (Å²) in [5.41, 5.74) is 8.45. The van der Waals surface area contributed by atoms with Crippen molar-refractivity contribution in [1.29, 1.82) is 0 Å². The summed E-state index contributed by atoms with van der Waals surface area (Å²) in [6.45, 7) is 2.93. The number of aromatic nitrogens is 3. The van der Waals surface area contributed by atoms with Crippen LogP contribution < -0.4 is 5.73 Å². The molecule has 0 aromatic carbocycles. The molecule has 2 aliphatic heterocycles. The number of hydrogen-bond acceptors (Lipinski definition) is 7. The Morgan fingerprint density at radius 1 is 1.10 bits per heavy atom. The first-order chi connectivity index (χ1) is 14.2. The third-order valence-electron chi connectivity index (χ3n) is 5.61. The standard InChI is InChI=1S/C21H27N5O3/c22-21-24-11-17(12-25-21)16-3-4-19(23-10-16)15-5-7-26(8-6-15)20(27)14-28-13-18-2-1-9-29-18/h3-4,10-12,15,18H,1-2,5-9,13-14H2,(H2,22,24,25)/t18-/m0/s1. The highest BCUT2D eigenvalue weighted by Gasteiger charge is 2.25. The quantitative estimate of drug-likeness (QED) is 0.795. The van der Waals surface area contributed by atoms with Crippen LogP contribution >= 0.6 is 0 Å². The van der Waals surface area contributed by atoms with Crippen molar-refractivity contribution in [3.63, 3.8) is 0 Å². The van der Waals surface area contributed by atoms with Crippen molar-refractivity contribution in [1.82, 2.24) is 19.9 Å². The summed E-state index contributed by atoms with van der Waals surface area (Å²) in [4.78, 5) is 26.9. The average Bonchev–Trinajstić information content (AvgIpc) is 3.28. The van der Waals surface area contributed by atoms with Gasteiger partial charge in [-0.05, 0) is 31.7 Å². The Hall–Kier alpha value is -2.58. The van der Waals surface area contributed by atoms with Crippen LogP contribution in [0.5, 0.6) is 0 Å². The lowest BCUT2D eigenvalue weighted by atomic mass is 9.92. The van der Waals surface area contributed by atoms with E-state index in [0.29, 0.717) is 12.5 Å². The van der Waals surface area contributed by atoms with Gasteiger partial charge in [-0.25, -0.2) is 9.97 Å². The number of carbonyl (C=O) groups is 1. The maximum atomic E-state index is 12.4. The molecule has 0 bridgehead atoms. The van der Waals surface area contributed by atoms with E-state index in [-0.39, 0.29) is 24.6 Å². The van der Waals surface area contributed by atoms with Gasteiger partial charge in [0, 0.05) is 61.0 Å². The zero-order valence-electron chi connectivity index (χ0n) is 16.5. The lowest BCUT2D eigenvalue weighted by Crippen LogP contribution is -2.40. The molecule has 1 atom stereocenters. The topological polar surface area (TPSA) is 103 Å². The molecular weight excluding hydrogens is 370 g/mol. The van der Waals surface area contributed by atoms with Crippen LogP contribution in [0.3, 0.4) is 0 Å². The van der Waals surface area contributed by atoms with E-state index in [4.69, 9.17) is 15.2 Å². The molecule has 2 fully saturated rings. The van der Waals surface area contributed by atoms with Crippen molar-refractivity contribution in [2.75, 3.05) is 38.6 Å². The highest BCUT2D eigenvalue weighted by molar-refractivity contribution is 5.77. The van der Waals surface area contributed by atoms with E-state index in [9.17, 15) is 4.79 Å². The Morgan fingerprint density at radius 3 is 2.52 bits per heavy atom. The number of anilines is 1. The minimum Gasteiger partial charge on any atom is -0.376 e. The molecule has 8 nitrogen and oxygen atoms in total. The highest BCUT2D eigenvalue weighted by Crippen LogP contribution is 2.28. The van der Waals surface area contributed by atoms with Gasteiger partial charge in [0.2, 0.25) is 11.9 Å². The van der Waals surface area contributed by atoms with Crippen LogP contribution in [0.2, 0.25) is 0 Å². The first-order valence-corrected chi connectivity index (χ1v) is 10.2. The van der Waals surface area contributed by atoms with Crippen LogP contribution in [0.25, 0.3) is 11.1 Å². The Bertz CT molecular complexity index is 798. The minimum absolute atomic E-state index is 0.0631. The molecule has 0 saturated carbocycles. The van der Waals surface area contributed by atoms with Gasteiger partial charge in [-0.15, -0.1) is 0 Å². The summed E-state index contributed by atoms with van der Waals surface area (Å²) in [6.07, 6.45) is 9.33. The lowest BCUT2D eigenvalue weighted by Gasteiger charge is -2.31. The predicted octanol–water partition coefficient (Wildman–Crippen LogP) is 2.02. The van der Waals surface area contributed by atoms with E-state index < -0.39 is 0 Å². The fraction of sp³-hybridized carbons (Fsp3) is 0.524. The van der Waals surface area contributed by atoms with Crippen LogP contribution in [0, 0.1) is 0 Å². The fourth-order valence-corrected chi connectivity index (χ4v) is 3.87. The monoisotopic (exact) mass is 397 g/mol. The van der Waals surface area contributed by atoms with E-state index in [1.807, 2.05) is 17.2 Å². The number of carbonyl (C=O) groups excluding carboxylic acids is 1. The number of nitrogen functional groups attached to an aromatic ring is 1. The Labute approximate surface area is 170 Å².